The molecule has 1 rings (SSSR count). The lowest BCUT2D eigenvalue weighted by Crippen LogP contribution is -2.40. The molecule has 1 aliphatic carbocycles. The van der Waals surface area contributed by atoms with Crippen LogP contribution in [0.4, 0.5) is 0 Å². The Morgan fingerprint density at radius 1 is 1.33 bits per heavy atom. The molecule has 0 radical (unpaired) electrons. The van der Waals surface area contributed by atoms with Crippen LogP contribution in [0.1, 0.15) is 46.5 Å². The molecule has 0 aromatic carbocycles. The first-order valence-corrected chi connectivity index (χ1v) is 4.93. The molecule has 1 saturated carbocycles. The van der Waals surface area contributed by atoms with Crippen molar-refractivity contribution in [3.63, 3.8) is 0 Å². The predicted octanol–water partition coefficient (Wildman–Crippen LogP) is 3.08. The van der Waals surface area contributed by atoms with Gasteiger partial charge in [-0.3, -0.25) is 5.26 Å². The highest BCUT2D eigenvalue weighted by Gasteiger charge is 2.38. The quantitative estimate of drug-likeness (QED) is 0.512. The monoisotopic (exact) mass is 172 g/mol. The Bertz CT molecular complexity index is 135. The molecule has 0 atom stereocenters. The maximum atomic E-state index is 8.90. The van der Waals surface area contributed by atoms with E-state index in [2.05, 4.69) is 25.7 Å². The first-order valence-electron chi connectivity index (χ1n) is 4.93. The summed E-state index contributed by atoms with van der Waals surface area (Å²) in [6.07, 6.45) is 4.36. The fourth-order valence-corrected chi connectivity index (χ4v) is 2.02. The second-order valence-electron chi connectivity index (χ2n) is 4.49. The molecule has 0 bridgehead atoms. The highest BCUT2D eigenvalue weighted by molar-refractivity contribution is 4.87. The Morgan fingerprint density at radius 2 is 1.83 bits per heavy atom. The molecule has 1 aliphatic rings. The fraction of sp³-hybridized carbons (Fsp3) is 1.00. The van der Waals surface area contributed by atoms with Crippen LogP contribution in [0.25, 0.3) is 0 Å². The Balaban J connectivity index is 2.57. The molecule has 0 aromatic rings. The van der Waals surface area contributed by atoms with Crippen molar-refractivity contribution in [2.45, 2.75) is 52.1 Å². The fourth-order valence-electron chi connectivity index (χ4n) is 2.02. The minimum absolute atomic E-state index is 0.244. The Morgan fingerprint density at radius 3 is 2.17 bits per heavy atom. The zero-order chi connectivity index (χ0) is 9.19. The van der Waals surface area contributed by atoms with E-state index < -0.39 is 0 Å². The molecule has 1 N–H and O–H groups in total. The van der Waals surface area contributed by atoms with Gasteiger partial charge >= 0.3 is 0 Å². The molecule has 0 heterocycles. The van der Waals surface area contributed by atoms with E-state index in [4.69, 9.17) is 5.26 Å². The molecule has 0 aromatic heterocycles. The molecule has 0 unspecified atom stereocenters. The van der Waals surface area contributed by atoms with Crippen LogP contribution in [0, 0.1) is 11.8 Å². The minimum atomic E-state index is -0.244. The van der Waals surface area contributed by atoms with Gasteiger partial charge in [0.2, 0.25) is 0 Å². The zero-order valence-corrected chi connectivity index (χ0v) is 8.34. The summed E-state index contributed by atoms with van der Waals surface area (Å²) in [6, 6.07) is 0. The Kier molecular flexibility index (Phi) is 3.13. The van der Waals surface area contributed by atoms with Crippen LogP contribution >= 0.6 is 0 Å². The van der Waals surface area contributed by atoms with Gasteiger partial charge in [0.05, 0.1) is 0 Å². The van der Waals surface area contributed by atoms with E-state index in [0.717, 1.165) is 18.8 Å². The van der Waals surface area contributed by atoms with Gasteiger partial charge in [0, 0.05) is 0 Å². The summed E-state index contributed by atoms with van der Waals surface area (Å²) in [5.41, 5.74) is -0.244. The van der Waals surface area contributed by atoms with Crippen molar-refractivity contribution in [3.05, 3.63) is 0 Å². The summed E-state index contributed by atoms with van der Waals surface area (Å²) in [4.78, 5) is 4.69. The van der Waals surface area contributed by atoms with Crippen LogP contribution in [0.3, 0.4) is 0 Å². The molecule has 0 spiro atoms. The summed E-state index contributed by atoms with van der Waals surface area (Å²) >= 11 is 0. The molecule has 0 aliphatic heterocycles. The number of rotatable bonds is 2. The smallest absolute Gasteiger partial charge is 0.106 e. The van der Waals surface area contributed by atoms with Gasteiger partial charge in [-0.05, 0) is 37.5 Å². The molecule has 1 fully saturated rings. The number of hydrogen-bond acceptors (Lipinski definition) is 2. The highest BCUT2D eigenvalue weighted by Crippen LogP contribution is 2.39. The Hall–Kier alpha value is -0.0800. The molecular formula is C10H20O2. The van der Waals surface area contributed by atoms with Gasteiger partial charge in [-0.1, -0.05) is 20.8 Å². The lowest BCUT2D eigenvalue weighted by molar-refractivity contribution is -0.344. The maximum Gasteiger partial charge on any atom is 0.106 e. The van der Waals surface area contributed by atoms with Crippen molar-refractivity contribution in [2.24, 2.45) is 11.8 Å². The highest BCUT2D eigenvalue weighted by atomic mass is 17.1. The standard InChI is InChI=1S/C10H20O2/c1-8(2)10(12-11)6-4-9(3)5-7-10/h8-9,11H,4-7H2,1-3H3. The van der Waals surface area contributed by atoms with Crippen LogP contribution in [0.2, 0.25) is 0 Å². The second-order valence-corrected chi connectivity index (χ2v) is 4.49. The van der Waals surface area contributed by atoms with E-state index in [1.54, 1.807) is 0 Å². The lowest BCUT2D eigenvalue weighted by Gasteiger charge is -2.39. The van der Waals surface area contributed by atoms with Crippen LogP contribution in [-0.4, -0.2) is 10.9 Å². The van der Waals surface area contributed by atoms with E-state index in [0.29, 0.717) is 5.92 Å². The normalized spacial score (nSPS) is 37.2. The van der Waals surface area contributed by atoms with Crippen LogP contribution in [-0.2, 0) is 4.89 Å². The van der Waals surface area contributed by atoms with Gasteiger partial charge in [0.25, 0.3) is 0 Å². The third kappa shape index (κ3) is 1.80. The summed E-state index contributed by atoms with van der Waals surface area (Å²) in [5.74, 6) is 1.21. The van der Waals surface area contributed by atoms with Gasteiger partial charge in [-0.25, -0.2) is 4.89 Å². The van der Waals surface area contributed by atoms with E-state index >= 15 is 0 Å². The van der Waals surface area contributed by atoms with E-state index in [-0.39, 0.29) is 5.60 Å². The van der Waals surface area contributed by atoms with Crippen molar-refractivity contribution < 1.29 is 10.1 Å². The largest absolute Gasteiger partial charge is 0.251 e. The zero-order valence-electron chi connectivity index (χ0n) is 8.34. The third-order valence-corrected chi connectivity index (χ3v) is 3.35. The average molecular weight is 172 g/mol. The van der Waals surface area contributed by atoms with Crippen molar-refractivity contribution >= 4 is 0 Å². The third-order valence-electron chi connectivity index (χ3n) is 3.35. The minimum Gasteiger partial charge on any atom is -0.251 e. The van der Waals surface area contributed by atoms with Gasteiger partial charge in [0.1, 0.15) is 5.60 Å². The first-order chi connectivity index (χ1) is 5.60. The van der Waals surface area contributed by atoms with Gasteiger partial charge in [0.15, 0.2) is 0 Å². The van der Waals surface area contributed by atoms with Crippen molar-refractivity contribution in [2.75, 3.05) is 0 Å². The topological polar surface area (TPSA) is 29.5 Å². The van der Waals surface area contributed by atoms with Crippen molar-refractivity contribution in [1.82, 2.24) is 0 Å². The molecular weight excluding hydrogens is 152 g/mol. The van der Waals surface area contributed by atoms with Crippen LogP contribution < -0.4 is 0 Å². The van der Waals surface area contributed by atoms with Gasteiger partial charge in [-0.15, -0.1) is 0 Å². The average Bonchev–Trinajstić information content (AvgIpc) is 2.06. The molecule has 2 heteroatoms. The van der Waals surface area contributed by atoms with Gasteiger partial charge < -0.3 is 0 Å². The van der Waals surface area contributed by atoms with Crippen LogP contribution in [0.15, 0.2) is 0 Å². The van der Waals surface area contributed by atoms with Crippen LogP contribution in [0.5, 0.6) is 0 Å². The molecule has 0 amide bonds. The first kappa shape index (κ1) is 10.0. The summed E-state index contributed by atoms with van der Waals surface area (Å²) in [5, 5.41) is 8.90. The van der Waals surface area contributed by atoms with E-state index in [1.165, 1.54) is 12.8 Å². The summed E-state index contributed by atoms with van der Waals surface area (Å²) in [7, 11) is 0. The molecule has 72 valence electrons. The second kappa shape index (κ2) is 3.75. The molecule has 2 nitrogen and oxygen atoms in total. The predicted molar refractivity (Wildman–Crippen MR) is 48.9 cm³/mol. The molecule has 12 heavy (non-hydrogen) atoms. The SMILES string of the molecule is CC1CCC(OO)(C(C)C)CC1. The van der Waals surface area contributed by atoms with Crippen molar-refractivity contribution in [1.29, 1.82) is 0 Å². The van der Waals surface area contributed by atoms with E-state index in [1.807, 2.05) is 0 Å². The van der Waals surface area contributed by atoms with E-state index in [9.17, 15) is 0 Å². The maximum absolute atomic E-state index is 8.90. The van der Waals surface area contributed by atoms with Gasteiger partial charge in [-0.2, -0.15) is 0 Å². The summed E-state index contributed by atoms with van der Waals surface area (Å²) < 4.78 is 0. The molecule has 0 saturated heterocycles. The number of hydrogen-bond donors (Lipinski definition) is 1. The lowest BCUT2D eigenvalue weighted by atomic mass is 9.74. The van der Waals surface area contributed by atoms with Crippen molar-refractivity contribution in [3.8, 4) is 0 Å². The summed E-state index contributed by atoms with van der Waals surface area (Å²) in [6.45, 7) is 6.50. The Labute approximate surface area is 74.9 Å².